The minimum Gasteiger partial charge on any atom is -0.327 e. The molecule has 1 aliphatic rings. The van der Waals surface area contributed by atoms with Crippen LogP contribution in [0.5, 0.6) is 0 Å². The lowest BCUT2D eigenvalue weighted by molar-refractivity contribution is -0.113. The monoisotopic (exact) mass is 385 g/mol. The van der Waals surface area contributed by atoms with Crippen LogP contribution in [0.3, 0.4) is 0 Å². The fourth-order valence-electron chi connectivity index (χ4n) is 2.55. The largest absolute Gasteiger partial charge is 0.327 e. The third-order valence-electron chi connectivity index (χ3n) is 3.78. The third-order valence-corrected chi connectivity index (χ3v) is 5.32. The number of aromatic nitrogens is 1. The van der Waals surface area contributed by atoms with Crippen molar-refractivity contribution < 1.29 is 4.79 Å². The first-order valence-corrected chi connectivity index (χ1v) is 9.11. The van der Waals surface area contributed by atoms with E-state index in [0.717, 1.165) is 21.3 Å². The van der Waals surface area contributed by atoms with Gasteiger partial charge in [-0.25, -0.2) is 9.88 Å². The molecule has 4 nitrogen and oxygen atoms in total. The number of benzene rings is 2. The van der Waals surface area contributed by atoms with E-state index in [0.29, 0.717) is 21.0 Å². The van der Waals surface area contributed by atoms with E-state index >= 15 is 0 Å². The summed E-state index contributed by atoms with van der Waals surface area (Å²) in [6, 6.07) is 13.2. The number of hydrogen-bond donors (Lipinski definition) is 1. The average Bonchev–Trinajstić information content (AvgIpc) is 3.10. The Kier molecular flexibility index (Phi) is 4.03. The second-order valence-electron chi connectivity index (χ2n) is 5.65. The molecule has 2 aromatic carbocycles. The van der Waals surface area contributed by atoms with Crippen LogP contribution >= 0.6 is 35.2 Å². The Balaban J connectivity index is 1.69. The van der Waals surface area contributed by atoms with E-state index in [1.807, 2.05) is 31.2 Å². The van der Waals surface area contributed by atoms with Gasteiger partial charge in [0.2, 0.25) is 0 Å². The summed E-state index contributed by atoms with van der Waals surface area (Å²) in [5.74, 6) is -0.212. The summed E-state index contributed by atoms with van der Waals surface area (Å²) in [6.45, 7) is 2.03. The van der Waals surface area contributed by atoms with Crippen LogP contribution in [-0.4, -0.2) is 16.0 Å². The van der Waals surface area contributed by atoms with Crippen molar-refractivity contribution in [2.24, 2.45) is 0 Å². The highest BCUT2D eigenvalue weighted by atomic mass is 35.5. The molecule has 0 radical (unpaired) electrons. The topological polar surface area (TPSA) is 45.2 Å². The molecule has 0 unspecified atom stereocenters. The highest BCUT2D eigenvalue weighted by Crippen LogP contribution is 2.32. The number of thiocarbonyl (C=S) groups is 1. The third kappa shape index (κ3) is 3.04. The van der Waals surface area contributed by atoms with Crippen LogP contribution in [0.1, 0.15) is 11.1 Å². The maximum absolute atomic E-state index is 12.8. The van der Waals surface area contributed by atoms with Crippen LogP contribution < -0.4 is 10.2 Å². The molecule has 2 heterocycles. The molecule has 1 aliphatic heterocycles. The van der Waals surface area contributed by atoms with E-state index in [-0.39, 0.29) is 5.91 Å². The van der Waals surface area contributed by atoms with Gasteiger partial charge in [0.05, 0.1) is 10.2 Å². The van der Waals surface area contributed by atoms with Gasteiger partial charge in [0, 0.05) is 5.02 Å². The van der Waals surface area contributed by atoms with Gasteiger partial charge in [-0.05, 0) is 60.6 Å². The van der Waals surface area contributed by atoms with E-state index in [1.165, 1.54) is 16.2 Å². The SMILES string of the molecule is Cc1ccc2nc(N3C(=O)/C(=C/c4ccc(Cl)cc4)NC3=S)sc2c1. The Morgan fingerprint density at radius 2 is 2.00 bits per heavy atom. The van der Waals surface area contributed by atoms with E-state index in [4.69, 9.17) is 23.8 Å². The molecule has 25 heavy (non-hydrogen) atoms. The van der Waals surface area contributed by atoms with Crippen LogP contribution in [0.25, 0.3) is 16.3 Å². The van der Waals surface area contributed by atoms with Crippen molar-refractivity contribution in [2.75, 3.05) is 4.90 Å². The fourth-order valence-corrected chi connectivity index (χ4v) is 4.08. The Morgan fingerprint density at radius 3 is 2.76 bits per heavy atom. The molecule has 4 rings (SSSR count). The lowest BCUT2D eigenvalue weighted by Gasteiger charge is -2.08. The van der Waals surface area contributed by atoms with Crippen molar-refractivity contribution in [1.29, 1.82) is 0 Å². The Labute approximate surface area is 158 Å². The molecule has 3 aromatic rings. The average molecular weight is 386 g/mol. The summed E-state index contributed by atoms with van der Waals surface area (Å²) in [4.78, 5) is 18.8. The van der Waals surface area contributed by atoms with Crippen molar-refractivity contribution in [1.82, 2.24) is 10.3 Å². The molecule has 0 spiro atoms. The number of anilines is 1. The summed E-state index contributed by atoms with van der Waals surface area (Å²) in [6.07, 6.45) is 1.75. The predicted molar refractivity (Wildman–Crippen MR) is 107 cm³/mol. The van der Waals surface area contributed by atoms with Gasteiger partial charge in [-0.3, -0.25) is 4.79 Å². The van der Waals surface area contributed by atoms with Crippen LogP contribution in [0.15, 0.2) is 48.2 Å². The molecule has 124 valence electrons. The maximum atomic E-state index is 12.8. The van der Waals surface area contributed by atoms with Gasteiger partial charge in [-0.15, -0.1) is 0 Å². The highest BCUT2D eigenvalue weighted by Gasteiger charge is 2.34. The van der Waals surface area contributed by atoms with E-state index < -0.39 is 0 Å². The number of amides is 1. The molecule has 1 aromatic heterocycles. The molecule has 0 bridgehead atoms. The summed E-state index contributed by atoms with van der Waals surface area (Å²) in [5, 5.41) is 4.53. The summed E-state index contributed by atoms with van der Waals surface area (Å²) in [7, 11) is 0. The number of thiazole rings is 1. The predicted octanol–water partition coefficient (Wildman–Crippen LogP) is 4.52. The van der Waals surface area contributed by atoms with Crippen molar-refractivity contribution in [3.05, 3.63) is 64.3 Å². The first-order valence-electron chi connectivity index (χ1n) is 7.51. The zero-order chi connectivity index (χ0) is 17.6. The first kappa shape index (κ1) is 16.2. The Hall–Kier alpha value is -2.28. The smallest absolute Gasteiger partial charge is 0.282 e. The van der Waals surface area contributed by atoms with E-state index in [2.05, 4.69) is 16.4 Å². The lowest BCUT2D eigenvalue weighted by atomic mass is 10.2. The van der Waals surface area contributed by atoms with Crippen LogP contribution in [-0.2, 0) is 4.79 Å². The second kappa shape index (κ2) is 6.22. The number of nitrogens with zero attached hydrogens (tertiary/aromatic N) is 2. The number of fused-ring (bicyclic) bond motifs is 1. The maximum Gasteiger partial charge on any atom is 0.282 e. The number of nitrogens with one attached hydrogen (secondary N) is 1. The first-order chi connectivity index (χ1) is 12.0. The number of carbonyl (C=O) groups is 1. The van der Waals surface area contributed by atoms with Gasteiger partial charge in [-0.1, -0.05) is 41.1 Å². The van der Waals surface area contributed by atoms with Crippen molar-refractivity contribution >= 4 is 67.6 Å². The molecule has 0 atom stereocenters. The van der Waals surface area contributed by atoms with Gasteiger partial charge < -0.3 is 5.32 Å². The standard InChI is InChI=1S/C18H12ClN3OS2/c1-10-2-7-13-15(8-10)25-18(21-13)22-16(23)14(20-17(22)24)9-11-3-5-12(19)6-4-11/h2-9H,1H3,(H,20,24)/b14-9-. The molecule has 1 saturated heterocycles. The number of halogens is 1. The van der Waals surface area contributed by atoms with Crippen LogP contribution in [0.4, 0.5) is 5.13 Å². The highest BCUT2D eigenvalue weighted by molar-refractivity contribution is 7.80. The number of aryl methyl sites for hydroxylation is 1. The van der Waals surface area contributed by atoms with Crippen LogP contribution in [0.2, 0.25) is 5.02 Å². The normalized spacial score (nSPS) is 16.1. The molecule has 7 heteroatoms. The van der Waals surface area contributed by atoms with Crippen molar-refractivity contribution in [3.63, 3.8) is 0 Å². The minimum atomic E-state index is -0.212. The van der Waals surface area contributed by atoms with Crippen LogP contribution in [0, 0.1) is 6.92 Å². The molecule has 0 saturated carbocycles. The molecular formula is C18H12ClN3OS2. The summed E-state index contributed by atoms with van der Waals surface area (Å²) in [5.41, 5.74) is 3.29. The molecule has 1 fully saturated rings. The molecule has 0 aliphatic carbocycles. The van der Waals surface area contributed by atoms with Gasteiger partial charge >= 0.3 is 0 Å². The van der Waals surface area contributed by atoms with Gasteiger partial charge in [-0.2, -0.15) is 0 Å². The van der Waals surface area contributed by atoms with Gasteiger partial charge in [0.15, 0.2) is 10.2 Å². The quantitative estimate of drug-likeness (QED) is 0.520. The minimum absolute atomic E-state index is 0.212. The van der Waals surface area contributed by atoms with E-state index in [9.17, 15) is 4.79 Å². The second-order valence-corrected chi connectivity index (χ2v) is 7.48. The zero-order valence-corrected chi connectivity index (χ0v) is 15.5. The number of hydrogen-bond acceptors (Lipinski definition) is 4. The molecule has 1 N–H and O–H groups in total. The van der Waals surface area contributed by atoms with E-state index in [1.54, 1.807) is 18.2 Å². The molecule has 1 amide bonds. The van der Waals surface area contributed by atoms with Crippen molar-refractivity contribution in [2.45, 2.75) is 6.92 Å². The lowest BCUT2D eigenvalue weighted by Crippen LogP contribution is -2.30. The van der Waals surface area contributed by atoms with Crippen molar-refractivity contribution in [3.8, 4) is 0 Å². The van der Waals surface area contributed by atoms with Gasteiger partial charge in [0.1, 0.15) is 5.70 Å². The summed E-state index contributed by atoms with van der Waals surface area (Å²) < 4.78 is 1.03. The number of carbonyl (C=O) groups excluding carboxylic acids is 1. The number of rotatable bonds is 2. The Bertz CT molecular complexity index is 1040. The van der Waals surface area contributed by atoms with Gasteiger partial charge in [0.25, 0.3) is 5.91 Å². The molecular weight excluding hydrogens is 374 g/mol. The summed E-state index contributed by atoms with van der Waals surface area (Å²) >= 11 is 12.7. The fraction of sp³-hybridized carbons (Fsp3) is 0.0556. The Morgan fingerprint density at radius 1 is 1.24 bits per heavy atom. The zero-order valence-electron chi connectivity index (χ0n) is 13.1.